The zero-order chi connectivity index (χ0) is 19.5. The smallest absolute Gasteiger partial charge is 0.251 e. The summed E-state index contributed by atoms with van der Waals surface area (Å²) in [4.78, 5) is 27.1. The standard InChI is InChI=1S/C21H23N5O2/c1-14(20-25-22-13-26(20)17-8-2-3-9-17)23-21(28)16-7-4-6-15(12-16)18-10-5-11-19(27)24-18/h4-7,10-14,17H,2-3,8-9H2,1H3,(H,23,28)(H,24,27)/t14-/m0/s1. The van der Waals surface area contributed by atoms with E-state index in [2.05, 4.69) is 25.1 Å². The number of nitrogens with one attached hydrogen (secondary N) is 2. The van der Waals surface area contributed by atoms with Crippen LogP contribution in [0.5, 0.6) is 0 Å². The molecule has 2 aromatic heterocycles. The molecular weight excluding hydrogens is 354 g/mol. The second kappa shape index (κ2) is 7.80. The Labute approximate surface area is 162 Å². The number of rotatable bonds is 5. The van der Waals surface area contributed by atoms with E-state index in [-0.39, 0.29) is 17.5 Å². The zero-order valence-corrected chi connectivity index (χ0v) is 15.8. The number of amides is 1. The molecule has 0 radical (unpaired) electrons. The summed E-state index contributed by atoms with van der Waals surface area (Å²) < 4.78 is 2.10. The van der Waals surface area contributed by atoms with Gasteiger partial charge in [-0.15, -0.1) is 10.2 Å². The Balaban J connectivity index is 1.52. The molecule has 0 saturated heterocycles. The molecule has 4 rings (SSSR count). The molecule has 28 heavy (non-hydrogen) atoms. The van der Waals surface area contributed by atoms with Gasteiger partial charge in [0.05, 0.1) is 6.04 Å². The van der Waals surface area contributed by atoms with Gasteiger partial charge in [0.2, 0.25) is 5.56 Å². The van der Waals surface area contributed by atoms with Crippen LogP contribution in [-0.2, 0) is 0 Å². The highest BCUT2D eigenvalue weighted by Gasteiger charge is 2.23. The maximum atomic E-state index is 12.8. The summed E-state index contributed by atoms with van der Waals surface area (Å²) in [5.41, 5.74) is 1.82. The monoisotopic (exact) mass is 377 g/mol. The lowest BCUT2D eigenvalue weighted by atomic mass is 10.1. The fourth-order valence-corrected chi connectivity index (χ4v) is 3.81. The van der Waals surface area contributed by atoms with Crippen molar-refractivity contribution in [1.29, 1.82) is 0 Å². The molecule has 1 amide bonds. The molecule has 1 aliphatic rings. The van der Waals surface area contributed by atoms with Crippen molar-refractivity contribution >= 4 is 5.91 Å². The molecule has 1 aromatic carbocycles. The van der Waals surface area contributed by atoms with E-state index < -0.39 is 0 Å². The molecule has 0 unspecified atom stereocenters. The number of carbonyl (C=O) groups excluding carboxylic acids is 1. The Bertz CT molecular complexity index is 1030. The van der Waals surface area contributed by atoms with Crippen molar-refractivity contribution in [3.63, 3.8) is 0 Å². The molecular formula is C21H23N5O2. The first-order chi connectivity index (χ1) is 13.6. The van der Waals surface area contributed by atoms with Crippen LogP contribution in [0.1, 0.15) is 60.9 Å². The van der Waals surface area contributed by atoms with Crippen molar-refractivity contribution in [3.05, 3.63) is 70.5 Å². The summed E-state index contributed by atoms with van der Waals surface area (Å²) in [6.45, 7) is 1.92. The highest BCUT2D eigenvalue weighted by atomic mass is 16.1. The predicted molar refractivity (Wildman–Crippen MR) is 106 cm³/mol. The minimum Gasteiger partial charge on any atom is -0.342 e. The van der Waals surface area contributed by atoms with Gasteiger partial charge in [0, 0.05) is 23.4 Å². The second-order valence-corrected chi connectivity index (χ2v) is 7.24. The van der Waals surface area contributed by atoms with Gasteiger partial charge >= 0.3 is 0 Å². The van der Waals surface area contributed by atoms with Gasteiger partial charge in [-0.1, -0.05) is 31.0 Å². The Kier molecular flexibility index (Phi) is 5.06. The number of hydrogen-bond acceptors (Lipinski definition) is 4. The van der Waals surface area contributed by atoms with Gasteiger partial charge in [-0.25, -0.2) is 0 Å². The highest BCUT2D eigenvalue weighted by Crippen LogP contribution is 2.31. The average molecular weight is 377 g/mol. The lowest BCUT2D eigenvalue weighted by Gasteiger charge is -2.19. The molecule has 144 valence electrons. The Morgan fingerprint density at radius 1 is 1.21 bits per heavy atom. The van der Waals surface area contributed by atoms with E-state index in [0.29, 0.717) is 17.3 Å². The molecule has 1 saturated carbocycles. The van der Waals surface area contributed by atoms with Crippen molar-refractivity contribution < 1.29 is 4.79 Å². The molecule has 1 atom stereocenters. The second-order valence-electron chi connectivity index (χ2n) is 7.24. The minimum atomic E-state index is -0.254. The summed E-state index contributed by atoms with van der Waals surface area (Å²) in [6.07, 6.45) is 6.46. The first-order valence-corrected chi connectivity index (χ1v) is 9.62. The lowest BCUT2D eigenvalue weighted by molar-refractivity contribution is 0.0937. The van der Waals surface area contributed by atoms with Crippen LogP contribution in [0.2, 0.25) is 0 Å². The van der Waals surface area contributed by atoms with Crippen LogP contribution in [-0.4, -0.2) is 25.7 Å². The van der Waals surface area contributed by atoms with E-state index in [9.17, 15) is 9.59 Å². The molecule has 0 bridgehead atoms. The molecule has 0 spiro atoms. The van der Waals surface area contributed by atoms with E-state index in [1.807, 2.05) is 19.1 Å². The third-order valence-electron chi connectivity index (χ3n) is 5.26. The van der Waals surface area contributed by atoms with Crippen LogP contribution in [0.3, 0.4) is 0 Å². The number of benzene rings is 1. The highest BCUT2D eigenvalue weighted by molar-refractivity contribution is 5.95. The van der Waals surface area contributed by atoms with Gasteiger partial charge < -0.3 is 14.9 Å². The van der Waals surface area contributed by atoms with Crippen LogP contribution in [0.15, 0.2) is 53.6 Å². The van der Waals surface area contributed by atoms with Gasteiger partial charge in [0.25, 0.3) is 5.91 Å². The normalized spacial score (nSPS) is 15.5. The Morgan fingerprint density at radius 3 is 2.79 bits per heavy atom. The van der Waals surface area contributed by atoms with Crippen LogP contribution >= 0.6 is 0 Å². The molecule has 0 aliphatic heterocycles. The maximum Gasteiger partial charge on any atom is 0.251 e. The molecule has 1 aliphatic carbocycles. The molecule has 1 fully saturated rings. The van der Waals surface area contributed by atoms with Crippen molar-refractivity contribution in [3.8, 4) is 11.3 Å². The van der Waals surface area contributed by atoms with Crippen molar-refractivity contribution in [2.24, 2.45) is 0 Å². The van der Waals surface area contributed by atoms with Crippen LogP contribution < -0.4 is 10.9 Å². The summed E-state index contributed by atoms with van der Waals surface area (Å²) in [7, 11) is 0. The van der Waals surface area contributed by atoms with Crippen LogP contribution in [0, 0.1) is 0 Å². The number of nitrogens with zero attached hydrogens (tertiary/aromatic N) is 3. The van der Waals surface area contributed by atoms with E-state index in [0.717, 1.165) is 24.2 Å². The summed E-state index contributed by atoms with van der Waals surface area (Å²) in [5.74, 6) is 0.595. The summed E-state index contributed by atoms with van der Waals surface area (Å²) in [6, 6.07) is 12.3. The third kappa shape index (κ3) is 3.74. The lowest BCUT2D eigenvalue weighted by Crippen LogP contribution is -2.29. The fraction of sp³-hybridized carbons (Fsp3) is 0.333. The molecule has 2 heterocycles. The quantitative estimate of drug-likeness (QED) is 0.714. The Hall–Kier alpha value is -3.22. The average Bonchev–Trinajstić information content (AvgIpc) is 3.39. The van der Waals surface area contributed by atoms with E-state index >= 15 is 0 Å². The predicted octanol–water partition coefficient (Wildman–Crippen LogP) is 3.24. The summed E-state index contributed by atoms with van der Waals surface area (Å²) >= 11 is 0. The van der Waals surface area contributed by atoms with Crippen molar-refractivity contribution in [1.82, 2.24) is 25.1 Å². The molecule has 2 N–H and O–H groups in total. The first kappa shape index (κ1) is 18.2. The van der Waals surface area contributed by atoms with Crippen LogP contribution in [0.25, 0.3) is 11.3 Å². The van der Waals surface area contributed by atoms with Gasteiger partial charge in [0.1, 0.15) is 6.33 Å². The van der Waals surface area contributed by atoms with Gasteiger partial charge in [-0.2, -0.15) is 0 Å². The van der Waals surface area contributed by atoms with Crippen LogP contribution in [0.4, 0.5) is 0 Å². The fourth-order valence-electron chi connectivity index (χ4n) is 3.81. The van der Waals surface area contributed by atoms with E-state index in [1.54, 1.807) is 30.6 Å². The number of H-pyrrole nitrogens is 1. The first-order valence-electron chi connectivity index (χ1n) is 9.62. The third-order valence-corrected chi connectivity index (χ3v) is 5.26. The summed E-state index contributed by atoms with van der Waals surface area (Å²) in [5, 5.41) is 11.3. The maximum absolute atomic E-state index is 12.8. The molecule has 7 nitrogen and oxygen atoms in total. The number of aromatic nitrogens is 4. The van der Waals surface area contributed by atoms with E-state index in [4.69, 9.17) is 0 Å². The Morgan fingerprint density at radius 2 is 2.00 bits per heavy atom. The topological polar surface area (TPSA) is 92.7 Å². The van der Waals surface area contributed by atoms with Gasteiger partial charge in [0.15, 0.2) is 5.82 Å². The SMILES string of the molecule is C[C@H](NC(=O)c1cccc(-c2cccc(=O)[nH]2)c1)c1nncn1C1CCCC1. The molecule has 3 aromatic rings. The number of carbonyl (C=O) groups is 1. The number of hydrogen-bond donors (Lipinski definition) is 2. The van der Waals surface area contributed by atoms with Crippen molar-refractivity contribution in [2.75, 3.05) is 0 Å². The van der Waals surface area contributed by atoms with E-state index in [1.165, 1.54) is 18.9 Å². The zero-order valence-electron chi connectivity index (χ0n) is 15.8. The number of pyridine rings is 1. The number of aromatic amines is 1. The minimum absolute atomic E-state index is 0.174. The largest absolute Gasteiger partial charge is 0.342 e. The molecule has 7 heteroatoms. The van der Waals surface area contributed by atoms with Crippen molar-refractivity contribution in [2.45, 2.75) is 44.7 Å². The van der Waals surface area contributed by atoms with Gasteiger partial charge in [-0.3, -0.25) is 9.59 Å². The van der Waals surface area contributed by atoms with Gasteiger partial charge in [-0.05, 0) is 43.5 Å².